The van der Waals surface area contributed by atoms with Crippen LogP contribution in [0.4, 0.5) is 0 Å². The number of carbonyl (C=O) groups is 1. The van der Waals surface area contributed by atoms with Gasteiger partial charge in [-0.25, -0.2) is 0 Å². The molecule has 1 atom stereocenters. The summed E-state index contributed by atoms with van der Waals surface area (Å²) in [5, 5.41) is 0. The molecule has 0 amide bonds. The lowest BCUT2D eigenvalue weighted by molar-refractivity contribution is -0.109. The summed E-state index contributed by atoms with van der Waals surface area (Å²) in [5.74, 6) is 0. The predicted molar refractivity (Wildman–Crippen MR) is 42.8 cm³/mol. The average molecular weight is 191 g/mol. The van der Waals surface area contributed by atoms with Crippen LogP contribution < -0.4 is 0 Å². The summed E-state index contributed by atoms with van der Waals surface area (Å²) in [5.41, 5.74) is 0. The van der Waals surface area contributed by atoms with E-state index in [9.17, 15) is 4.79 Å². The molecule has 0 aliphatic rings. The number of halogens is 1. The van der Waals surface area contributed by atoms with Crippen LogP contribution in [0.15, 0.2) is 12.7 Å². The van der Waals surface area contributed by atoms with Gasteiger partial charge in [-0.3, -0.25) is 0 Å². The smallest absolute Gasteiger partial charge is 0.136 e. The van der Waals surface area contributed by atoms with Crippen LogP contribution in [0.1, 0.15) is 19.8 Å². The largest absolute Gasteiger partial charge is 0.302 e. The second-order valence-corrected chi connectivity index (χ2v) is 3.58. The number of hydrogen-bond donors (Lipinski definition) is 0. The summed E-state index contributed by atoms with van der Waals surface area (Å²) >= 11 is 3.30. The first-order valence-electron chi connectivity index (χ1n) is 2.94. The van der Waals surface area contributed by atoms with Gasteiger partial charge in [0, 0.05) is 0 Å². The minimum absolute atomic E-state index is 0.352. The molecule has 52 valence electrons. The van der Waals surface area contributed by atoms with Gasteiger partial charge in [0.1, 0.15) is 6.29 Å². The predicted octanol–water partition coefficient (Wildman–Crippen LogP) is 2.31. The molecule has 0 aliphatic carbocycles. The Labute approximate surface area is 64.3 Å². The number of rotatable bonds is 4. The minimum atomic E-state index is -0.352. The quantitative estimate of drug-likeness (QED) is 0.378. The van der Waals surface area contributed by atoms with E-state index in [1.54, 1.807) is 6.08 Å². The number of alkyl halides is 1. The van der Waals surface area contributed by atoms with Gasteiger partial charge >= 0.3 is 0 Å². The van der Waals surface area contributed by atoms with Crippen LogP contribution in [0.5, 0.6) is 0 Å². The second kappa shape index (κ2) is 3.83. The highest BCUT2D eigenvalue weighted by molar-refractivity contribution is 9.10. The third-order valence-corrected chi connectivity index (χ3v) is 2.35. The van der Waals surface area contributed by atoms with E-state index in [1.165, 1.54) is 0 Å². The van der Waals surface area contributed by atoms with Crippen molar-refractivity contribution in [1.82, 2.24) is 0 Å². The molecule has 0 saturated carbocycles. The van der Waals surface area contributed by atoms with Gasteiger partial charge in [-0.05, 0) is 12.8 Å². The molecular formula is C7H11BrO. The summed E-state index contributed by atoms with van der Waals surface area (Å²) in [4.78, 5) is 10.4. The van der Waals surface area contributed by atoms with Crippen molar-refractivity contribution < 1.29 is 4.79 Å². The first kappa shape index (κ1) is 8.89. The van der Waals surface area contributed by atoms with Gasteiger partial charge in [0.25, 0.3) is 0 Å². The highest BCUT2D eigenvalue weighted by Gasteiger charge is 2.20. The van der Waals surface area contributed by atoms with E-state index >= 15 is 0 Å². The molecule has 0 rings (SSSR count). The molecule has 0 aliphatic heterocycles. The Balaban J connectivity index is 3.90. The zero-order chi connectivity index (χ0) is 7.33. The van der Waals surface area contributed by atoms with Crippen molar-refractivity contribution in [1.29, 1.82) is 0 Å². The van der Waals surface area contributed by atoms with Gasteiger partial charge in [-0.2, -0.15) is 0 Å². The summed E-state index contributed by atoms with van der Waals surface area (Å²) in [6.45, 7) is 5.52. The molecule has 1 unspecified atom stereocenters. The molecule has 0 radical (unpaired) electrons. The Bertz CT molecular complexity index is 111. The van der Waals surface area contributed by atoms with Gasteiger partial charge < -0.3 is 4.79 Å². The van der Waals surface area contributed by atoms with E-state index in [0.29, 0.717) is 6.42 Å². The molecule has 9 heavy (non-hydrogen) atoms. The standard InChI is InChI=1S/C7H11BrO/c1-3-5-7(8,4-2)6-9/h3,6H,1,4-5H2,2H3. The van der Waals surface area contributed by atoms with Crippen LogP contribution in [-0.4, -0.2) is 10.6 Å². The molecule has 0 aromatic carbocycles. The molecule has 0 N–H and O–H groups in total. The SMILES string of the molecule is C=CCC(Br)(C=O)CC. The first-order chi connectivity index (χ1) is 4.18. The fourth-order valence-corrected chi connectivity index (χ4v) is 0.745. The van der Waals surface area contributed by atoms with E-state index in [2.05, 4.69) is 22.5 Å². The molecule has 0 aromatic heterocycles. The lowest BCUT2D eigenvalue weighted by Crippen LogP contribution is -2.19. The highest BCUT2D eigenvalue weighted by atomic mass is 79.9. The summed E-state index contributed by atoms with van der Waals surface area (Å²) in [6.07, 6.45) is 4.18. The molecule has 0 fully saturated rings. The van der Waals surface area contributed by atoms with E-state index in [4.69, 9.17) is 0 Å². The summed E-state index contributed by atoms with van der Waals surface area (Å²) in [6, 6.07) is 0. The zero-order valence-electron chi connectivity index (χ0n) is 5.56. The van der Waals surface area contributed by atoms with Crippen molar-refractivity contribution in [3.05, 3.63) is 12.7 Å². The van der Waals surface area contributed by atoms with Gasteiger partial charge in [-0.1, -0.05) is 28.9 Å². The molecule has 0 aromatic rings. The van der Waals surface area contributed by atoms with Crippen LogP contribution in [0.25, 0.3) is 0 Å². The maximum Gasteiger partial charge on any atom is 0.136 e. The average Bonchev–Trinajstić information content (AvgIpc) is 1.89. The molecular weight excluding hydrogens is 180 g/mol. The molecule has 0 heterocycles. The number of carbonyl (C=O) groups excluding carboxylic acids is 1. The Kier molecular flexibility index (Phi) is 3.78. The van der Waals surface area contributed by atoms with E-state index in [-0.39, 0.29) is 4.32 Å². The zero-order valence-corrected chi connectivity index (χ0v) is 7.15. The lowest BCUT2D eigenvalue weighted by atomic mass is 10.1. The summed E-state index contributed by atoms with van der Waals surface area (Å²) in [7, 11) is 0. The van der Waals surface area contributed by atoms with Crippen molar-refractivity contribution in [3.63, 3.8) is 0 Å². The van der Waals surface area contributed by atoms with E-state index < -0.39 is 0 Å². The second-order valence-electron chi connectivity index (χ2n) is 2.00. The van der Waals surface area contributed by atoms with Crippen LogP contribution in [-0.2, 0) is 4.79 Å². The molecule has 0 spiro atoms. The number of aldehydes is 1. The van der Waals surface area contributed by atoms with Crippen LogP contribution in [0.2, 0.25) is 0 Å². The van der Waals surface area contributed by atoms with E-state index in [1.807, 2.05) is 6.92 Å². The Hall–Kier alpha value is -0.110. The van der Waals surface area contributed by atoms with Crippen molar-refractivity contribution in [3.8, 4) is 0 Å². The van der Waals surface area contributed by atoms with Crippen LogP contribution in [0.3, 0.4) is 0 Å². The number of allylic oxidation sites excluding steroid dienone is 1. The third kappa shape index (κ3) is 2.80. The Morgan fingerprint density at radius 2 is 2.33 bits per heavy atom. The van der Waals surface area contributed by atoms with Gasteiger partial charge in [0.2, 0.25) is 0 Å². The van der Waals surface area contributed by atoms with Crippen molar-refractivity contribution >= 4 is 22.2 Å². The molecule has 0 bridgehead atoms. The van der Waals surface area contributed by atoms with Crippen molar-refractivity contribution in [2.75, 3.05) is 0 Å². The fourth-order valence-electron chi connectivity index (χ4n) is 0.516. The maximum absolute atomic E-state index is 10.4. The maximum atomic E-state index is 10.4. The van der Waals surface area contributed by atoms with Crippen LogP contribution >= 0.6 is 15.9 Å². The van der Waals surface area contributed by atoms with Crippen LogP contribution in [0, 0.1) is 0 Å². The van der Waals surface area contributed by atoms with Gasteiger partial charge in [0.15, 0.2) is 0 Å². The topological polar surface area (TPSA) is 17.1 Å². The summed E-state index contributed by atoms with van der Waals surface area (Å²) < 4.78 is -0.352. The van der Waals surface area contributed by atoms with Crippen molar-refractivity contribution in [2.45, 2.75) is 24.1 Å². The Morgan fingerprint density at radius 3 is 2.44 bits per heavy atom. The molecule has 2 heteroatoms. The van der Waals surface area contributed by atoms with Crippen molar-refractivity contribution in [2.24, 2.45) is 0 Å². The van der Waals surface area contributed by atoms with Gasteiger partial charge in [-0.15, -0.1) is 6.58 Å². The molecule has 1 nitrogen and oxygen atoms in total. The lowest BCUT2D eigenvalue weighted by Gasteiger charge is -2.14. The Morgan fingerprint density at radius 1 is 1.78 bits per heavy atom. The first-order valence-corrected chi connectivity index (χ1v) is 3.74. The fraction of sp³-hybridized carbons (Fsp3) is 0.571. The molecule has 0 saturated heterocycles. The third-order valence-electron chi connectivity index (χ3n) is 1.28. The monoisotopic (exact) mass is 190 g/mol. The normalized spacial score (nSPS) is 16.2. The van der Waals surface area contributed by atoms with Gasteiger partial charge in [0.05, 0.1) is 4.32 Å². The minimum Gasteiger partial charge on any atom is -0.302 e. The highest BCUT2D eigenvalue weighted by Crippen LogP contribution is 2.23. The number of hydrogen-bond acceptors (Lipinski definition) is 1. The van der Waals surface area contributed by atoms with E-state index in [0.717, 1.165) is 12.7 Å².